The highest BCUT2D eigenvalue weighted by atomic mass is 16.6. The molecule has 1 rings (SSSR count). The Morgan fingerprint density at radius 2 is 2.44 bits per heavy atom. The Morgan fingerprint density at radius 3 is 2.94 bits per heavy atom. The van der Waals surface area contributed by atoms with Crippen LogP contribution in [0.25, 0.3) is 0 Å². The molecule has 0 aromatic rings. The molecule has 92 valence electrons. The molecule has 1 fully saturated rings. The first kappa shape index (κ1) is 12.9. The first-order valence-electron chi connectivity index (χ1n) is 5.40. The molecule has 0 radical (unpaired) electrons. The van der Waals surface area contributed by atoms with E-state index in [0.717, 1.165) is 12.8 Å². The molecule has 16 heavy (non-hydrogen) atoms. The standard InChI is InChI=1S/C10H17NO5/c1-15-10(12)5-9(6-11(13)14)8-3-2-4-16-7-8/h8-9H,2-7H2,1H3. The highest BCUT2D eigenvalue weighted by Gasteiger charge is 2.30. The predicted octanol–water partition coefficient (Wildman–Crippen LogP) is 0.869. The molecule has 0 spiro atoms. The fourth-order valence-corrected chi connectivity index (χ4v) is 2.01. The Kier molecular flexibility index (Phi) is 5.18. The van der Waals surface area contributed by atoms with Crippen molar-refractivity contribution in [2.45, 2.75) is 19.3 Å². The summed E-state index contributed by atoms with van der Waals surface area (Å²) in [7, 11) is 1.29. The van der Waals surface area contributed by atoms with E-state index in [2.05, 4.69) is 4.74 Å². The van der Waals surface area contributed by atoms with Crippen molar-refractivity contribution < 1.29 is 19.2 Å². The second kappa shape index (κ2) is 6.42. The molecule has 0 aromatic carbocycles. The van der Waals surface area contributed by atoms with Crippen molar-refractivity contribution >= 4 is 5.97 Å². The molecule has 0 bridgehead atoms. The molecule has 0 aliphatic carbocycles. The van der Waals surface area contributed by atoms with Crippen molar-refractivity contribution in [3.05, 3.63) is 10.1 Å². The van der Waals surface area contributed by atoms with Gasteiger partial charge in [-0.1, -0.05) is 0 Å². The Balaban J connectivity index is 2.53. The van der Waals surface area contributed by atoms with E-state index in [1.165, 1.54) is 7.11 Å². The Morgan fingerprint density at radius 1 is 1.69 bits per heavy atom. The number of rotatable bonds is 5. The maximum atomic E-state index is 11.2. The van der Waals surface area contributed by atoms with Gasteiger partial charge in [0.15, 0.2) is 0 Å². The third-order valence-electron chi connectivity index (χ3n) is 2.90. The molecule has 2 atom stereocenters. The molecular weight excluding hydrogens is 214 g/mol. The van der Waals surface area contributed by atoms with E-state index in [1.807, 2.05) is 0 Å². The third-order valence-corrected chi connectivity index (χ3v) is 2.90. The number of nitro groups is 1. The summed E-state index contributed by atoms with van der Waals surface area (Å²) in [6.07, 6.45) is 1.89. The van der Waals surface area contributed by atoms with Crippen molar-refractivity contribution in [3.63, 3.8) is 0 Å². The summed E-state index contributed by atoms with van der Waals surface area (Å²) < 4.78 is 9.84. The number of esters is 1. The number of hydrogen-bond acceptors (Lipinski definition) is 5. The second-order valence-corrected chi connectivity index (χ2v) is 4.03. The van der Waals surface area contributed by atoms with Gasteiger partial charge in [0, 0.05) is 24.1 Å². The van der Waals surface area contributed by atoms with Gasteiger partial charge in [0.1, 0.15) is 0 Å². The summed E-state index contributed by atoms with van der Waals surface area (Å²) >= 11 is 0. The molecule has 1 heterocycles. The van der Waals surface area contributed by atoms with Crippen molar-refractivity contribution in [1.29, 1.82) is 0 Å². The minimum absolute atomic E-state index is 0.0956. The number of hydrogen-bond donors (Lipinski definition) is 0. The summed E-state index contributed by atoms with van der Waals surface area (Å²) in [5, 5.41) is 10.5. The molecule has 1 aliphatic heterocycles. The zero-order chi connectivity index (χ0) is 12.0. The van der Waals surface area contributed by atoms with Gasteiger partial charge in [-0.25, -0.2) is 0 Å². The first-order chi connectivity index (χ1) is 7.63. The maximum Gasteiger partial charge on any atom is 0.306 e. The minimum atomic E-state index is -0.391. The summed E-state index contributed by atoms with van der Waals surface area (Å²) in [6, 6.07) is 0. The fraction of sp³-hybridized carbons (Fsp3) is 0.900. The Labute approximate surface area is 94.1 Å². The molecule has 0 amide bonds. The van der Waals surface area contributed by atoms with Crippen LogP contribution in [0, 0.1) is 22.0 Å². The van der Waals surface area contributed by atoms with Gasteiger partial charge in [-0.2, -0.15) is 0 Å². The molecule has 0 aromatic heterocycles. The SMILES string of the molecule is COC(=O)CC(C[N+](=O)[O-])C1CCCOC1. The second-order valence-electron chi connectivity index (χ2n) is 4.03. The van der Waals surface area contributed by atoms with Gasteiger partial charge in [0.05, 0.1) is 13.5 Å². The van der Waals surface area contributed by atoms with Crippen LogP contribution in [-0.4, -0.2) is 37.8 Å². The topological polar surface area (TPSA) is 78.7 Å². The number of carbonyl (C=O) groups is 1. The van der Waals surface area contributed by atoms with Crippen LogP contribution < -0.4 is 0 Å². The van der Waals surface area contributed by atoms with Gasteiger partial charge >= 0.3 is 5.97 Å². The molecule has 0 saturated carbocycles. The van der Waals surface area contributed by atoms with E-state index >= 15 is 0 Å². The lowest BCUT2D eigenvalue weighted by Gasteiger charge is -2.27. The summed E-state index contributed by atoms with van der Waals surface area (Å²) in [5.41, 5.74) is 0. The summed E-state index contributed by atoms with van der Waals surface area (Å²) in [6.45, 7) is 1.03. The predicted molar refractivity (Wildman–Crippen MR) is 55.5 cm³/mol. The zero-order valence-electron chi connectivity index (χ0n) is 9.39. The van der Waals surface area contributed by atoms with Gasteiger partial charge in [-0.3, -0.25) is 14.9 Å². The maximum absolute atomic E-state index is 11.2. The van der Waals surface area contributed by atoms with Gasteiger partial charge < -0.3 is 9.47 Å². The molecular formula is C10H17NO5. The van der Waals surface area contributed by atoms with E-state index in [9.17, 15) is 14.9 Å². The van der Waals surface area contributed by atoms with Crippen LogP contribution in [0.2, 0.25) is 0 Å². The van der Waals surface area contributed by atoms with Crippen LogP contribution in [-0.2, 0) is 14.3 Å². The average Bonchev–Trinajstić information content (AvgIpc) is 2.28. The van der Waals surface area contributed by atoms with Crippen molar-refractivity contribution in [2.75, 3.05) is 26.9 Å². The van der Waals surface area contributed by atoms with Gasteiger partial charge in [-0.05, 0) is 18.8 Å². The Hall–Kier alpha value is -1.17. The van der Waals surface area contributed by atoms with Crippen molar-refractivity contribution in [3.8, 4) is 0 Å². The van der Waals surface area contributed by atoms with Crippen molar-refractivity contribution in [1.82, 2.24) is 0 Å². The first-order valence-corrected chi connectivity index (χ1v) is 5.40. The lowest BCUT2D eigenvalue weighted by atomic mass is 9.85. The molecule has 6 nitrogen and oxygen atoms in total. The summed E-state index contributed by atoms with van der Waals surface area (Å²) in [4.78, 5) is 21.3. The highest BCUT2D eigenvalue weighted by Crippen LogP contribution is 2.25. The van der Waals surface area contributed by atoms with Crippen LogP contribution in [0.15, 0.2) is 0 Å². The smallest absolute Gasteiger partial charge is 0.306 e. The van der Waals surface area contributed by atoms with E-state index in [-0.39, 0.29) is 29.7 Å². The number of ether oxygens (including phenoxy) is 2. The monoisotopic (exact) mass is 231 g/mol. The van der Waals surface area contributed by atoms with E-state index < -0.39 is 5.97 Å². The van der Waals surface area contributed by atoms with Crippen LogP contribution >= 0.6 is 0 Å². The van der Waals surface area contributed by atoms with E-state index in [4.69, 9.17) is 4.74 Å². The highest BCUT2D eigenvalue weighted by molar-refractivity contribution is 5.69. The van der Waals surface area contributed by atoms with Gasteiger partial charge in [0.2, 0.25) is 6.54 Å². The van der Waals surface area contributed by atoms with Crippen LogP contribution in [0.3, 0.4) is 0 Å². The molecule has 6 heteroatoms. The lowest BCUT2D eigenvalue weighted by Crippen LogP contribution is -2.31. The lowest BCUT2D eigenvalue weighted by molar-refractivity contribution is -0.490. The van der Waals surface area contributed by atoms with Crippen LogP contribution in [0.1, 0.15) is 19.3 Å². The molecule has 1 aliphatic rings. The zero-order valence-corrected chi connectivity index (χ0v) is 9.39. The third kappa shape index (κ3) is 4.14. The van der Waals surface area contributed by atoms with E-state index in [0.29, 0.717) is 13.2 Å². The van der Waals surface area contributed by atoms with Gasteiger partial charge in [0.25, 0.3) is 0 Å². The number of methoxy groups -OCH3 is 1. The molecule has 1 saturated heterocycles. The van der Waals surface area contributed by atoms with Crippen LogP contribution in [0.4, 0.5) is 0 Å². The van der Waals surface area contributed by atoms with E-state index in [1.54, 1.807) is 0 Å². The molecule has 2 unspecified atom stereocenters. The average molecular weight is 231 g/mol. The summed E-state index contributed by atoms with van der Waals surface area (Å²) in [5.74, 6) is -0.571. The van der Waals surface area contributed by atoms with Gasteiger partial charge in [-0.15, -0.1) is 0 Å². The van der Waals surface area contributed by atoms with Crippen molar-refractivity contribution in [2.24, 2.45) is 11.8 Å². The molecule has 0 N–H and O–H groups in total. The normalized spacial score (nSPS) is 22.4. The Bertz CT molecular complexity index is 250. The van der Waals surface area contributed by atoms with Crippen LogP contribution in [0.5, 0.6) is 0 Å². The quantitative estimate of drug-likeness (QED) is 0.398. The number of nitrogens with zero attached hydrogens (tertiary/aromatic N) is 1. The fourth-order valence-electron chi connectivity index (χ4n) is 2.01. The number of carbonyl (C=O) groups excluding carboxylic acids is 1. The largest absolute Gasteiger partial charge is 0.469 e. The minimum Gasteiger partial charge on any atom is -0.469 e.